The van der Waals surface area contributed by atoms with Crippen molar-refractivity contribution in [2.75, 3.05) is 13.2 Å². The Morgan fingerprint density at radius 3 is 2.69 bits per heavy atom. The largest absolute Gasteiger partial charge is 0.483 e. The molecule has 1 heterocycles. The maximum atomic E-state index is 12.9. The quantitative estimate of drug-likeness (QED) is 0.606. The number of para-hydroxylation sites is 1. The van der Waals surface area contributed by atoms with Crippen LogP contribution in [0.4, 0.5) is 5.69 Å². The third-order valence-corrected chi connectivity index (χ3v) is 5.57. The Kier molecular flexibility index (Phi) is 7.11. The van der Waals surface area contributed by atoms with Crippen molar-refractivity contribution >= 4 is 56.4 Å². The highest BCUT2D eigenvalue weighted by Gasteiger charge is 2.32. The molecule has 0 bridgehead atoms. The molecule has 150 valence electrons. The monoisotopic (exact) mass is 473 g/mol. The Morgan fingerprint density at radius 1 is 1.28 bits per heavy atom. The van der Waals surface area contributed by atoms with Gasteiger partial charge in [0.15, 0.2) is 11.8 Å². The van der Waals surface area contributed by atoms with E-state index < -0.39 is 5.91 Å². The Morgan fingerprint density at radius 2 is 2.03 bits per heavy atom. The van der Waals surface area contributed by atoms with E-state index in [1.165, 1.54) is 11.8 Å². The number of rotatable bonds is 7. The lowest BCUT2D eigenvalue weighted by atomic mass is 10.2. The topological polar surface area (TPSA) is 85.0 Å². The van der Waals surface area contributed by atoms with Crippen LogP contribution in [0.15, 0.2) is 62.9 Å². The summed E-state index contributed by atoms with van der Waals surface area (Å²) < 4.78 is 6.01. The van der Waals surface area contributed by atoms with E-state index in [4.69, 9.17) is 10.5 Å². The van der Waals surface area contributed by atoms with E-state index in [9.17, 15) is 9.59 Å². The first-order chi connectivity index (χ1) is 14.0. The summed E-state index contributed by atoms with van der Waals surface area (Å²) in [5, 5.41) is 0.676. The number of benzene rings is 2. The van der Waals surface area contributed by atoms with Crippen molar-refractivity contribution in [3.63, 3.8) is 0 Å². The zero-order chi connectivity index (χ0) is 20.8. The van der Waals surface area contributed by atoms with Gasteiger partial charge in [0.05, 0.1) is 15.1 Å². The van der Waals surface area contributed by atoms with Crippen LogP contribution in [0.2, 0.25) is 0 Å². The SMILES string of the molecule is CCCN1C(=O)/C(=C\c2ccc(OCC(N)=O)c(Br)c2)SC1=Nc1ccccc1. The minimum absolute atomic E-state index is 0.0586. The molecule has 8 heteroatoms. The van der Waals surface area contributed by atoms with Crippen LogP contribution in [0.5, 0.6) is 5.75 Å². The van der Waals surface area contributed by atoms with E-state index in [0.29, 0.717) is 26.8 Å². The molecule has 0 aliphatic carbocycles. The highest BCUT2D eigenvalue weighted by Crippen LogP contribution is 2.35. The van der Waals surface area contributed by atoms with Crippen LogP contribution in [-0.4, -0.2) is 35.0 Å². The van der Waals surface area contributed by atoms with Crippen LogP contribution < -0.4 is 10.5 Å². The Hall–Kier alpha value is -2.58. The molecule has 2 amide bonds. The van der Waals surface area contributed by atoms with Crippen molar-refractivity contribution in [3.8, 4) is 5.75 Å². The fourth-order valence-electron chi connectivity index (χ4n) is 2.65. The molecule has 1 fully saturated rings. The number of hydrogen-bond donors (Lipinski definition) is 1. The summed E-state index contributed by atoms with van der Waals surface area (Å²) in [5.74, 6) is -0.0932. The van der Waals surface area contributed by atoms with Crippen molar-refractivity contribution in [2.24, 2.45) is 10.7 Å². The summed E-state index contributed by atoms with van der Waals surface area (Å²) in [4.78, 5) is 30.7. The van der Waals surface area contributed by atoms with Gasteiger partial charge in [0.25, 0.3) is 11.8 Å². The molecular weight excluding hydrogens is 454 g/mol. The van der Waals surface area contributed by atoms with Gasteiger partial charge in [0.1, 0.15) is 5.75 Å². The van der Waals surface area contributed by atoms with Gasteiger partial charge in [-0.2, -0.15) is 0 Å². The molecule has 0 unspecified atom stereocenters. The summed E-state index contributed by atoms with van der Waals surface area (Å²) in [6.45, 7) is 2.44. The van der Waals surface area contributed by atoms with Crippen molar-refractivity contribution in [3.05, 3.63) is 63.5 Å². The van der Waals surface area contributed by atoms with E-state index in [-0.39, 0.29) is 12.5 Å². The number of halogens is 1. The van der Waals surface area contributed by atoms with E-state index in [1.54, 1.807) is 11.0 Å². The van der Waals surface area contributed by atoms with Gasteiger partial charge < -0.3 is 10.5 Å². The molecule has 0 spiro atoms. The number of thioether (sulfide) groups is 1. The van der Waals surface area contributed by atoms with Crippen molar-refractivity contribution in [1.29, 1.82) is 0 Å². The number of carbonyl (C=O) groups is 2. The summed E-state index contributed by atoms with van der Waals surface area (Å²) in [7, 11) is 0. The lowest BCUT2D eigenvalue weighted by molar-refractivity contribution is -0.122. The molecule has 0 aromatic heterocycles. The normalized spacial score (nSPS) is 16.6. The fourth-order valence-corrected chi connectivity index (χ4v) is 4.18. The second kappa shape index (κ2) is 9.76. The van der Waals surface area contributed by atoms with E-state index in [2.05, 4.69) is 20.9 Å². The van der Waals surface area contributed by atoms with Gasteiger partial charge in [0.2, 0.25) is 0 Å². The zero-order valence-electron chi connectivity index (χ0n) is 15.8. The Balaban J connectivity index is 1.85. The smallest absolute Gasteiger partial charge is 0.266 e. The molecule has 1 aliphatic rings. The molecular formula is C21H20BrN3O3S. The van der Waals surface area contributed by atoms with Crippen molar-refractivity contribution < 1.29 is 14.3 Å². The second-order valence-corrected chi connectivity index (χ2v) is 8.11. The second-order valence-electron chi connectivity index (χ2n) is 6.24. The molecule has 0 radical (unpaired) electrons. The minimum Gasteiger partial charge on any atom is -0.483 e. The maximum Gasteiger partial charge on any atom is 0.266 e. The zero-order valence-corrected chi connectivity index (χ0v) is 18.2. The number of amidine groups is 1. The first-order valence-corrected chi connectivity index (χ1v) is 10.6. The van der Waals surface area contributed by atoms with Crippen LogP contribution in [0, 0.1) is 0 Å². The molecule has 1 aliphatic heterocycles. The molecule has 2 N–H and O–H groups in total. The van der Waals surface area contributed by atoms with Gasteiger partial charge in [-0.3, -0.25) is 14.5 Å². The standard InChI is InChI=1S/C21H20BrN3O3S/c1-2-10-25-20(27)18(29-21(25)24-15-6-4-3-5-7-15)12-14-8-9-17(16(22)11-14)28-13-19(23)26/h3-9,11-12H,2,10,13H2,1H3,(H2,23,26)/b18-12+,24-21?. The number of nitrogens with zero attached hydrogens (tertiary/aromatic N) is 2. The number of nitrogens with two attached hydrogens (primary N) is 1. The highest BCUT2D eigenvalue weighted by atomic mass is 79.9. The fraction of sp³-hybridized carbons (Fsp3) is 0.190. The molecule has 6 nitrogen and oxygen atoms in total. The Labute approximate surface area is 181 Å². The third-order valence-electron chi connectivity index (χ3n) is 3.94. The van der Waals surface area contributed by atoms with Crippen LogP contribution in [-0.2, 0) is 9.59 Å². The summed E-state index contributed by atoms with van der Waals surface area (Å²) in [6.07, 6.45) is 2.66. The van der Waals surface area contributed by atoms with Crippen LogP contribution in [0.25, 0.3) is 6.08 Å². The van der Waals surface area contributed by atoms with Crippen LogP contribution in [0.3, 0.4) is 0 Å². The van der Waals surface area contributed by atoms with E-state index in [0.717, 1.165) is 17.7 Å². The minimum atomic E-state index is -0.544. The lowest BCUT2D eigenvalue weighted by Crippen LogP contribution is -2.29. The third kappa shape index (κ3) is 5.48. The maximum absolute atomic E-state index is 12.9. The number of primary amides is 1. The predicted molar refractivity (Wildman–Crippen MR) is 120 cm³/mol. The van der Waals surface area contributed by atoms with Gasteiger partial charge >= 0.3 is 0 Å². The molecule has 3 rings (SSSR count). The molecule has 2 aromatic rings. The molecule has 1 saturated heterocycles. The Bertz CT molecular complexity index is 976. The van der Waals surface area contributed by atoms with Gasteiger partial charge in [0, 0.05) is 6.54 Å². The van der Waals surface area contributed by atoms with Gasteiger partial charge in [-0.1, -0.05) is 31.2 Å². The molecule has 29 heavy (non-hydrogen) atoms. The van der Waals surface area contributed by atoms with Gasteiger partial charge in [-0.05, 0) is 70.0 Å². The van der Waals surface area contributed by atoms with Crippen LogP contribution in [0.1, 0.15) is 18.9 Å². The number of amides is 2. The van der Waals surface area contributed by atoms with E-state index in [1.807, 2.05) is 55.5 Å². The lowest BCUT2D eigenvalue weighted by Gasteiger charge is -2.13. The first-order valence-electron chi connectivity index (χ1n) is 9.03. The van der Waals surface area contributed by atoms with E-state index >= 15 is 0 Å². The number of hydrogen-bond acceptors (Lipinski definition) is 5. The van der Waals surface area contributed by atoms with Crippen molar-refractivity contribution in [2.45, 2.75) is 13.3 Å². The molecule has 2 aromatic carbocycles. The molecule has 0 saturated carbocycles. The van der Waals surface area contributed by atoms with Gasteiger partial charge in [-0.25, -0.2) is 4.99 Å². The average molecular weight is 474 g/mol. The first kappa shape index (κ1) is 21.1. The summed E-state index contributed by atoms with van der Waals surface area (Å²) >= 11 is 4.78. The predicted octanol–water partition coefficient (Wildman–Crippen LogP) is 4.33. The summed E-state index contributed by atoms with van der Waals surface area (Å²) in [6, 6.07) is 15.0. The van der Waals surface area contributed by atoms with Crippen molar-refractivity contribution in [1.82, 2.24) is 4.90 Å². The number of ether oxygens (including phenoxy) is 1. The number of aliphatic imine (C=N–C) groups is 1. The average Bonchev–Trinajstić information content (AvgIpc) is 2.97. The van der Waals surface area contributed by atoms with Crippen LogP contribution >= 0.6 is 27.7 Å². The number of carbonyl (C=O) groups excluding carboxylic acids is 2. The highest BCUT2D eigenvalue weighted by molar-refractivity contribution is 9.10. The summed E-state index contributed by atoms with van der Waals surface area (Å²) in [5.41, 5.74) is 6.74. The van der Waals surface area contributed by atoms with Gasteiger partial charge in [-0.15, -0.1) is 0 Å². The molecule has 0 atom stereocenters.